The van der Waals surface area contributed by atoms with Gasteiger partial charge in [0.1, 0.15) is 18.2 Å². The van der Waals surface area contributed by atoms with Crippen LogP contribution in [-0.2, 0) is 25.6 Å². The van der Waals surface area contributed by atoms with Crippen LogP contribution in [0.15, 0.2) is 30.3 Å². The van der Waals surface area contributed by atoms with Crippen molar-refractivity contribution in [3.8, 4) is 0 Å². The Hall–Kier alpha value is -2.77. The molecule has 1 aromatic carbocycles. The van der Waals surface area contributed by atoms with Crippen molar-refractivity contribution in [1.29, 1.82) is 0 Å². The first-order valence-corrected chi connectivity index (χ1v) is 10.2. The van der Waals surface area contributed by atoms with Gasteiger partial charge in [-0.3, -0.25) is 4.90 Å². The number of alkyl carbamates (subject to hydrolysis) is 1. The standard InChI is InChI=1S/C22H32N2O6/c1-15(2)29-20(26)23-17-11-12-18(24(13-17)21(27)30-22(3,4)5)19(25)28-14-16-9-7-6-8-10-16/h6-10,15,17-18H,11-14H2,1-5H3,(H,23,26). The van der Waals surface area contributed by atoms with Gasteiger partial charge in [0.2, 0.25) is 0 Å². The highest BCUT2D eigenvalue weighted by Gasteiger charge is 2.39. The van der Waals surface area contributed by atoms with Crippen LogP contribution in [0, 0.1) is 0 Å². The van der Waals surface area contributed by atoms with Crippen LogP contribution in [0.4, 0.5) is 9.59 Å². The van der Waals surface area contributed by atoms with E-state index in [0.29, 0.717) is 12.8 Å². The number of rotatable bonds is 5. The molecule has 1 aliphatic heterocycles. The molecular weight excluding hydrogens is 388 g/mol. The number of carbonyl (C=O) groups excluding carboxylic acids is 3. The minimum Gasteiger partial charge on any atom is -0.459 e. The summed E-state index contributed by atoms with van der Waals surface area (Å²) in [6.07, 6.45) is -0.565. The Labute approximate surface area is 177 Å². The van der Waals surface area contributed by atoms with Crippen LogP contribution in [0.3, 0.4) is 0 Å². The third kappa shape index (κ3) is 7.57. The third-order valence-electron chi connectivity index (χ3n) is 4.37. The fourth-order valence-electron chi connectivity index (χ4n) is 3.10. The first-order chi connectivity index (χ1) is 14.0. The number of piperidine rings is 1. The van der Waals surface area contributed by atoms with Gasteiger partial charge in [0.05, 0.1) is 12.1 Å². The van der Waals surface area contributed by atoms with Crippen molar-refractivity contribution >= 4 is 18.2 Å². The fourth-order valence-corrected chi connectivity index (χ4v) is 3.10. The molecule has 1 saturated heterocycles. The number of nitrogens with one attached hydrogen (secondary N) is 1. The van der Waals surface area contributed by atoms with Gasteiger partial charge in [-0.2, -0.15) is 0 Å². The molecule has 1 N–H and O–H groups in total. The van der Waals surface area contributed by atoms with E-state index in [1.807, 2.05) is 30.3 Å². The van der Waals surface area contributed by atoms with Crippen LogP contribution >= 0.6 is 0 Å². The number of hydrogen-bond donors (Lipinski definition) is 1. The molecule has 1 aromatic rings. The normalized spacial score (nSPS) is 19.2. The van der Waals surface area contributed by atoms with Crippen LogP contribution in [0.1, 0.15) is 53.0 Å². The maximum Gasteiger partial charge on any atom is 0.411 e. The number of esters is 1. The third-order valence-corrected chi connectivity index (χ3v) is 4.37. The fraction of sp³-hybridized carbons (Fsp3) is 0.591. The molecule has 166 valence electrons. The molecule has 8 nitrogen and oxygen atoms in total. The van der Waals surface area contributed by atoms with Crippen LogP contribution in [-0.4, -0.2) is 53.4 Å². The second kappa shape index (κ2) is 10.3. The first-order valence-electron chi connectivity index (χ1n) is 10.2. The minimum absolute atomic E-state index is 0.126. The summed E-state index contributed by atoms with van der Waals surface area (Å²) in [6.45, 7) is 9.04. The Morgan fingerprint density at radius 3 is 2.40 bits per heavy atom. The summed E-state index contributed by atoms with van der Waals surface area (Å²) in [4.78, 5) is 38.8. The summed E-state index contributed by atoms with van der Waals surface area (Å²) in [5, 5.41) is 2.75. The zero-order valence-electron chi connectivity index (χ0n) is 18.3. The van der Waals surface area contributed by atoms with E-state index in [4.69, 9.17) is 14.2 Å². The van der Waals surface area contributed by atoms with E-state index in [9.17, 15) is 14.4 Å². The maximum absolute atomic E-state index is 12.8. The van der Waals surface area contributed by atoms with Crippen molar-refractivity contribution in [1.82, 2.24) is 10.2 Å². The average molecular weight is 421 g/mol. The van der Waals surface area contributed by atoms with Crippen molar-refractivity contribution in [3.63, 3.8) is 0 Å². The Kier molecular flexibility index (Phi) is 8.08. The lowest BCUT2D eigenvalue weighted by Crippen LogP contribution is -2.57. The number of nitrogens with zero attached hydrogens (tertiary/aromatic N) is 1. The van der Waals surface area contributed by atoms with E-state index in [1.165, 1.54) is 4.90 Å². The lowest BCUT2D eigenvalue weighted by atomic mass is 9.98. The molecule has 0 aliphatic carbocycles. The van der Waals surface area contributed by atoms with E-state index in [0.717, 1.165) is 5.56 Å². The number of likely N-dealkylation sites (tertiary alicyclic amines) is 1. The molecule has 0 spiro atoms. The van der Waals surface area contributed by atoms with Gasteiger partial charge in [-0.15, -0.1) is 0 Å². The second-order valence-corrected chi connectivity index (χ2v) is 8.61. The Balaban J connectivity index is 2.06. The number of carbonyl (C=O) groups is 3. The van der Waals surface area contributed by atoms with Gasteiger partial charge in [-0.1, -0.05) is 30.3 Å². The SMILES string of the molecule is CC(C)OC(=O)NC1CCC(C(=O)OCc2ccccc2)N(C(=O)OC(C)(C)C)C1. The number of benzene rings is 1. The van der Waals surface area contributed by atoms with Crippen molar-refractivity contribution in [2.75, 3.05) is 6.54 Å². The van der Waals surface area contributed by atoms with Gasteiger partial charge in [0.25, 0.3) is 0 Å². The molecule has 2 unspecified atom stereocenters. The van der Waals surface area contributed by atoms with E-state index >= 15 is 0 Å². The van der Waals surface area contributed by atoms with Gasteiger partial charge in [0.15, 0.2) is 0 Å². The zero-order chi connectivity index (χ0) is 22.3. The highest BCUT2D eigenvalue weighted by atomic mass is 16.6. The van der Waals surface area contributed by atoms with Crippen molar-refractivity contribution in [2.45, 2.75) is 77.9 Å². The molecule has 1 fully saturated rings. The molecule has 2 amide bonds. The molecule has 2 rings (SSSR count). The van der Waals surface area contributed by atoms with Crippen molar-refractivity contribution < 1.29 is 28.6 Å². The summed E-state index contributed by atoms with van der Waals surface area (Å²) >= 11 is 0. The molecular formula is C22H32N2O6. The molecule has 0 saturated carbocycles. The van der Waals surface area contributed by atoms with Gasteiger partial charge in [-0.25, -0.2) is 14.4 Å². The number of hydrogen-bond acceptors (Lipinski definition) is 6. The number of ether oxygens (including phenoxy) is 3. The lowest BCUT2D eigenvalue weighted by Gasteiger charge is -2.38. The summed E-state index contributed by atoms with van der Waals surface area (Å²) in [6, 6.07) is 8.21. The summed E-state index contributed by atoms with van der Waals surface area (Å²) in [7, 11) is 0. The predicted molar refractivity (Wildman–Crippen MR) is 111 cm³/mol. The Bertz CT molecular complexity index is 729. The van der Waals surface area contributed by atoms with Crippen LogP contribution < -0.4 is 5.32 Å². The number of amides is 2. The molecule has 2 atom stereocenters. The molecule has 8 heteroatoms. The Morgan fingerprint density at radius 1 is 1.13 bits per heavy atom. The minimum atomic E-state index is -0.775. The van der Waals surface area contributed by atoms with E-state index in [1.54, 1.807) is 34.6 Å². The average Bonchev–Trinajstić information content (AvgIpc) is 2.65. The molecule has 1 aliphatic rings. The summed E-state index contributed by atoms with van der Waals surface area (Å²) in [5.74, 6) is -0.493. The van der Waals surface area contributed by atoms with Gasteiger partial charge in [-0.05, 0) is 53.0 Å². The molecule has 0 radical (unpaired) electrons. The van der Waals surface area contributed by atoms with Gasteiger partial charge >= 0.3 is 18.2 Å². The molecule has 0 aromatic heterocycles. The first kappa shape index (κ1) is 23.5. The zero-order valence-corrected chi connectivity index (χ0v) is 18.3. The second-order valence-electron chi connectivity index (χ2n) is 8.61. The summed E-state index contributed by atoms with van der Waals surface area (Å²) < 4.78 is 16.0. The van der Waals surface area contributed by atoms with Crippen LogP contribution in [0.25, 0.3) is 0 Å². The lowest BCUT2D eigenvalue weighted by molar-refractivity contribution is -0.152. The smallest absolute Gasteiger partial charge is 0.411 e. The molecule has 0 bridgehead atoms. The maximum atomic E-state index is 12.8. The van der Waals surface area contributed by atoms with E-state index in [2.05, 4.69) is 5.32 Å². The largest absolute Gasteiger partial charge is 0.459 e. The summed E-state index contributed by atoms with van der Waals surface area (Å²) in [5.41, 5.74) is 0.147. The van der Waals surface area contributed by atoms with Crippen molar-refractivity contribution in [2.24, 2.45) is 0 Å². The van der Waals surface area contributed by atoms with Gasteiger partial charge in [0, 0.05) is 6.54 Å². The van der Waals surface area contributed by atoms with E-state index in [-0.39, 0.29) is 25.3 Å². The quantitative estimate of drug-likeness (QED) is 0.577. The van der Waals surface area contributed by atoms with Gasteiger partial charge < -0.3 is 19.5 Å². The van der Waals surface area contributed by atoms with Crippen LogP contribution in [0.2, 0.25) is 0 Å². The van der Waals surface area contributed by atoms with E-state index < -0.39 is 29.8 Å². The molecule has 30 heavy (non-hydrogen) atoms. The predicted octanol–water partition coefficient (Wildman–Crippen LogP) is 3.63. The Morgan fingerprint density at radius 2 is 1.80 bits per heavy atom. The highest BCUT2D eigenvalue weighted by Crippen LogP contribution is 2.22. The van der Waals surface area contributed by atoms with Crippen LogP contribution in [0.5, 0.6) is 0 Å². The molecule has 1 heterocycles. The monoisotopic (exact) mass is 420 g/mol. The van der Waals surface area contributed by atoms with Crippen molar-refractivity contribution in [3.05, 3.63) is 35.9 Å². The highest BCUT2D eigenvalue weighted by molar-refractivity contribution is 5.82. The topological polar surface area (TPSA) is 94.2 Å².